The number of benzene rings is 1. The molecule has 1 atom stereocenters. The number of likely N-dealkylation sites (tertiary alicyclic amines) is 1. The number of carboxylic acids is 1. The van der Waals surface area contributed by atoms with Crippen LogP contribution in [0.3, 0.4) is 0 Å². The summed E-state index contributed by atoms with van der Waals surface area (Å²) in [5, 5.41) is 9.09. The van der Waals surface area contributed by atoms with Crippen molar-refractivity contribution in [1.29, 1.82) is 0 Å². The van der Waals surface area contributed by atoms with Gasteiger partial charge in [0.15, 0.2) is 0 Å². The lowest BCUT2D eigenvalue weighted by molar-refractivity contribution is -0.139. The van der Waals surface area contributed by atoms with Gasteiger partial charge in [0.05, 0.1) is 5.92 Å². The van der Waals surface area contributed by atoms with Crippen molar-refractivity contribution in [3.8, 4) is 0 Å². The van der Waals surface area contributed by atoms with E-state index >= 15 is 0 Å². The standard InChI is InChI=1S/C18H20F3NO3/c19-18(20,21)6-5-12-1-3-13(4-2-12)15(23)22-9-7-17(8-10-22)11-14(17)16(24)25/h1-4,14H,5-11H2,(H,24,25). The van der Waals surface area contributed by atoms with Crippen molar-refractivity contribution in [3.05, 3.63) is 35.4 Å². The van der Waals surface area contributed by atoms with Crippen LogP contribution in [0.25, 0.3) is 0 Å². The number of halogens is 3. The number of nitrogens with zero attached hydrogens (tertiary/aromatic N) is 1. The van der Waals surface area contributed by atoms with Crippen LogP contribution in [0.4, 0.5) is 13.2 Å². The fraction of sp³-hybridized carbons (Fsp3) is 0.556. The number of aryl methyl sites for hydroxylation is 1. The fourth-order valence-corrected chi connectivity index (χ4v) is 3.69. The van der Waals surface area contributed by atoms with E-state index in [2.05, 4.69) is 0 Å². The van der Waals surface area contributed by atoms with E-state index in [0.29, 0.717) is 43.5 Å². The molecule has 1 aromatic carbocycles. The Bertz CT molecular complexity index is 661. The van der Waals surface area contributed by atoms with Crippen LogP contribution in [0, 0.1) is 11.3 Å². The largest absolute Gasteiger partial charge is 0.481 e. The SMILES string of the molecule is O=C(O)C1CC12CCN(C(=O)c1ccc(CCC(F)(F)F)cc1)CC2. The predicted molar refractivity (Wildman–Crippen MR) is 84.1 cm³/mol. The molecule has 1 aromatic rings. The minimum absolute atomic E-state index is 0.0964. The van der Waals surface area contributed by atoms with Gasteiger partial charge >= 0.3 is 12.1 Å². The fourth-order valence-electron chi connectivity index (χ4n) is 3.69. The minimum Gasteiger partial charge on any atom is -0.481 e. The van der Waals surface area contributed by atoms with Crippen LogP contribution in [0.2, 0.25) is 0 Å². The van der Waals surface area contributed by atoms with E-state index in [1.165, 1.54) is 0 Å². The molecule has 1 saturated carbocycles. The molecule has 7 heteroatoms. The Balaban J connectivity index is 1.54. The molecule has 1 spiro atoms. The zero-order valence-corrected chi connectivity index (χ0v) is 13.7. The normalized spacial score (nSPS) is 22.0. The number of carbonyl (C=O) groups excluding carboxylic acids is 1. The van der Waals surface area contributed by atoms with Crippen LogP contribution < -0.4 is 0 Å². The molecule has 25 heavy (non-hydrogen) atoms. The molecular formula is C18H20F3NO3. The zero-order chi connectivity index (χ0) is 18.2. The maximum absolute atomic E-state index is 12.5. The number of alkyl halides is 3. The van der Waals surface area contributed by atoms with Crippen molar-refractivity contribution in [3.63, 3.8) is 0 Å². The summed E-state index contributed by atoms with van der Waals surface area (Å²) in [6.45, 7) is 1.05. The molecule has 1 amide bonds. The van der Waals surface area contributed by atoms with Crippen molar-refractivity contribution in [2.24, 2.45) is 11.3 Å². The van der Waals surface area contributed by atoms with Crippen LogP contribution in [-0.4, -0.2) is 41.1 Å². The van der Waals surface area contributed by atoms with Crippen LogP contribution >= 0.6 is 0 Å². The van der Waals surface area contributed by atoms with E-state index < -0.39 is 18.6 Å². The average Bonchev–Trinajstić information content (AvgIpc) is 3.27. The molecule has 0 bridgehead atoms. The Morgan fingerprint density at radius 2 is 1.76 bits per heavy atom. The minimum atomic E-state index is -4.19. The number of aliphatic carboxylic acids is 1. The third-order valence-electron chi connectivity index (χ3n) is 5.43. The second-order valence-electron chi connectivity index (χ2n) is 7.06. The highest BCUT2D eigenvalue weighted by Gasteiger charge is 2.59. The van der Waals surface area contributed by atoms with Gasteiger partial charge in [-0.3, -0.25) is 9.59 Å². The smallest absolute Gasteiger partial charge is 0.389 e. The average molecular weight is 355 g/mol. The molecular weight excluding hydrogens is 335 g/mol. The molecule has 1 aliphatic heterocycles. The van der Waals surface area contributed by atoms with Gasteiger partial charge in [0.2, 0.25) is 0 Å². The van der Waals surface area contributed by atoms with Gasteiger partial charge in [-0.05, 0) is 48.8 Å². The second kappa shape index (κ2) is 6.35. The molecule has 136 valence electrons. The third kappa shape index (κ3) is 3.96. The molecule has 1 unspecified atom stereocenters. The van der Waals surface area contributed by atoms with Crippen molar-refractivity contribution < 1.29 is 27.9 Å². The molecule has 1 saturated heterocycles. The van der Waals surface area contributed by atoms with E-state index in [-0.39, 0.29) is 23.7 Å². The molecule has 0 aromatic heterocycles. The van der Waals surface area contributed by atoms with E-state index in [9.17, 15) is 22.8 Å². The molecule has 1 N–H and O–H groups in total. The van der Waals surface area contributed by atoms with E-state index in [1.807, 2.05) is 0 Å². The lowest BCUT2D eigenvalue weighted by Gasteiger charge is -2.32. The lowest BCUT2D eigenvalue weighted by Crippen LogP contribution is -2.40. The van der Waals surface area contributed by atoms with Gasteiger partial charge < -0.3 is 10.0 Å². The number of carboxylic acid groups (broad SMARTS) is 1. The number of hydrogen-bond acceptors (Lipinski definition) is 2. The molecule has 1 aliphatic carbocycles. The molecule has 1 heterocycles. The highest BCUT2D eigenvalue weighted by atomic mass is 19.4. The Morgan fingerprint density at radius 3 is 2.24 bits per heavy atom. The van der Waals surface area contributed by atoms with E-state index in [0.717, 1.165) is 0 Å². The van der Waals surface area contributed by atoms with Crippen LogP contribution in [0.15, 0.2) is 24.3 Å². The first-order valence-electron chi connectivity index (χ1n) is 8.38. The van der Waals surface area contributed by atoms with Gasteiger partial charge in [-0.2, -0.15) is 13.2 Å². The van der Waals surface area contributed by atoms with Crippen molar-refractivity contribution >= 4 is 11.9 Å². The van der Waals surface area contributed by atoms with Crippen LogP contribution in [0.1, 0.15) is 41.6 Å². The van der Waals surface area contributed by atoms with Gasteiger partial charge in [-0.15, -0.1) is 0 Å². The summed E-state index contributed by atoms with van der Waals surface area (Å²) in [5.74, 6) is -1.18. The maximum Gasteiger partial charge on any atom is 0.389 e. The zero-order valence-electron chi connectivity index (χ0n) is 13.7. The topological polar surface area (TPSA) is 57.6 Å². The summed E-state index contributed by atoms with van der Waals surface area (Å²) in [6.07, 6.45) is -3.08. The summed E-state index contributed by atoms with van der Waals surface area (Å²) >= 11 is 0. The number of hydrogen-bond donors (Lipinski definition) is 1. The van der Waals surface area contributed by atoms with Crippen molar-refractivity contribution in [2.45, 2.75) is 38.3 Å². The quantitative estimate of drug-likeness (QED) is 0.899. The first-order valence-corrected chi connectivity index (χ1v) is 8.38. The van der Waals surface area contributed by atoms with Crippen molar-refractivity contribution in [2.75, 3.05) is 13.1 Å². The van der Waals surface area contributed by atoms with Gasteiger partial charge in [0.1, 0.15) is 0 Å². The number of amides is 1. The summed E-state index contributed by atoms with van der Waals surface area (Å²) in [6, 6.07) is 6.25. The number of carbonyl (C=O) groups is 2. The van der Waals surface area contributed by atoms with Crippen molar-refractivity contribution in [1.82, 2.24) is 4.90 Å². The molecule has 4 nitrogen and oxygen atoms in total. The lowest BCUT2D eigenvalue weighted by atomic mass is 9.90. The monoisotopic (exact) mass is 355 g/mol. The first-order chi connectivity index (χ1) is 11.7. The maximum atomic E-state index is 12.5. The molecule has 2 aliphatic rings. The highest BCUT2D eigenvalue weighted by molar-refractivity contribution is 5.94. The first kappa shape index (κ1) is 17.8. The summed E-state index contributed by atoms with van der Waals surface area (Å²) in [7, 11) is 0. The van der Waals surface area contributed by atoms with Gasteiger partial charge in [-0.25, -0.2) is 0 Å². The van der Waals surface area contributed by atoms with E-state index in [4.69, 9.17) is 5.11 Å². The van der Waals surface area contributed by atoms with E-state index in [1.54, 1.807) is 29.2 Å². The van der Waals surface area contributed by atoms with Gasteiger partial charge in [-0.1, -0.05) is 12.1 Å². The Labute approximate surface area is 143 Å². The van der Waals surface area contributed by atoms with Gasteiger partial charge in [0, 0.05) is 25.1 Å². The molecule has 2 fully saturated rings. The Hall–Kier alpha value is -2.05. The molecule has 0 radical (unpaired) electrons. The third-order valence-corrected chi connectivity index (χ3v) is 5.43. The van der Waals surface area contributed by atoms with Gasteiger partial charge in [0.25, 0.3) is 5.91 Å². The number of rotatable bonds is 4. The Kier molecular flexibility index (Phi) is 4.51. The van der Waals surface area contributed by atoms with Crippen LogP contribution in [-0.2, 0) is 11.2 Å². The predicted octanol–water partition coefficient (Wildman–Crippen LogP) is 3.51. The second-order valence-corrected chi connectivity index (χ2v) is 7.06. The van der Waals surface area contributed by atoms with Crippen LogP contribution in [0.5, 0.6) is 0 Å². The number of piperidine rings is 1. The summed E-state index contributed by atoms with van der Waals surface area (Å²) in [4.78, 5) is 25.3. The summed E-state index contributed by atoms with van der Waals surface area (Å²) < 4.78 is 36.7. The Morgan fingerprint density at radius 1 is 1.16 bits per heavy atom. The summed E-state index contributed by atoms with van der Waals surface area (Å²) in [5.41, 5.74) is 0.871. The highest BCUT2D eigenvalue weighted by Crippen LogP contribution is 2.59. The molecule has 3 rings (SSSR count).